The van der Waals surface area contributed by atoms with E-state index in [1.54, 1.807) is 24.3 Å². The molecule has 4 rings (SSSR count). The molecule has 1 atom stereocenters. The van der Waals surface area contributed by atoms with Crippen molar-refractivity contribution in [3.63, 3.8) is 0 Å². The van der Waals surface area contributed by atoms with Gasteiger partial charge in [0.05, 0.1) is 11.4 Å². The Balaban J connectivity index is 1.83. The lowest BCUT2D eigenvalue weighted by Gasteiger charge is -2.17. The van der Waals surface area contributed by atoms with Gasteiger partial charge in [-0.1, -0.05) is 71.7 Å². The molecule has 0 radical (unpaired) electrons. The fourth-order valence-corrected chi connectivity index (χ4v) is 3.96. The lowest BCUT2D eigenvalue weighted by atomic mass is 9.93. The number of pyridine rings is 1. The Labute approximate surface area is 172 Å². The molecule has 1 heterocycles. The van der Waals surface area contributed by atoms with E-state index in [9.17, 15) is 4.79 Å². The largest absolute Gasteiger partial charge is 0.369 e. The van der Waals surface area contributed by atoms with E-state index in [0.717, 1.165) is 22.0 Å². The fraction of sp³-hybridized carbons (Fsp3) is 0.0435. The standard InChI is InChI=1S/C23H16Cl2N2O/c24-17-7-3-8-18(25)21(17)22(23(26)28)20-10-4-9-19(27-20)16-12-11-14-5-1-2-6-15(14)13-16/h1-13,22H,(H2,26,28). The minimum absolute atomic E-state index is 0.384. The van der Waals surface area contributed by atoms with E-state index in [2.05, 4.69) is 24.3 Å². The summed E-state index contributed by atoms with van der Waals surface area (Å²) < 4.78 is 0. The van der Waals surface area contributed by atoms with Gasteiger partial charge in [0.1, 0.15) is 5.92 Å². The van der Waals surface area contributed by atoms with Gasteiger partial charge in [-0.3, -0.25) is 9.78 Å². The van der Waals surface area contributed by atoms with Crippen LogP contribution >= 0.6 is 23.2 Å². The molecule has 0 aliphatic heterocycles. The highest BCUT2D eigenvalue weighted by Gasteiger charge is 2.26. The van der Waals surface area contributed by atoms with Crippen molar-refractivity contribution in [3.8, 4) is 11.3 Å². The number of nitrogens with two attached hydrogens (primary N) is 1. The molecule has 1 aromatic heterocycles. The number of carbonyl (C=O) groups excluding carboxylic acids is 1. The van der Waals surface area contributed by atoms with Crippen molar-refractivity contribution >= 4 is 39.9 Å². The molecule has 0 aliphatic rings. The number of amides is 1. The van der Waals surface area contributed by atoms with Crippen LogP contribution in [-0.4, -0.2) is 10.9 Å². The van der Waals surface area contributed by atoms with E-state index >= 15 is 0 Å². The molecule has 0 saturated carbocycles. The third-order valence-corrected chi connectivity index (χ3v) is 5.34. The maximum absolute atomic E-state index is 12.3. The molecule has 138 valence electrons. The summed E-state index contributed by atoms with van der Waals surface area (Å²) in [7, 11) is 0. The summed E-state index contributed by atoms with van der Waals surface area (Å²) in [5, 5.41) is 3.04. The molecule has 0 fully saturated rings. The number of benzene rings is 3. The summed E-state index contributed by atoms with van der Waals surface area (Å²) >= 11 is 12.6. The van der Waals surface area contributed by atoms with E-state index in [1.165, 1.54) is 0 Å². The number of fused-ring (bicyclic) bond motifs is 1. The van der Waals surface area contributed by atoms with E-state index in [4.69, 9.17) is 33.9 Å². The predicted molar refractivity (Wildman–Crippen MR) is 115 cm³/mol. The van der Waals surface area contributed by atoms with Crippen LogP contribution in [-0.2, 0) is 4.79 Å². The van der Waals surface area contributed by atoms with Crippen LogP contribution in [0.2, 0.25) is 10.0 Å². The normalized spacial score (nSPS) is 12.1. The van der Waals surface area contributed by atoms with E-state index < -0.39 is 11.8 Å². The van der Waals surface area contributed by atoms with Gasteiger partial charge in [0, 0.05) is 21.2 Å². The number of rotatable bonds is 4. The van der Waals surface area contributed by atoms with Crippen molar-refractivity contribution < 1.29 is 4.79 Å². The van der Waals surface area contributed by atoms with Crippen LogP contribution in [0.15, 0.2) is 78.9 Å². The van der Waals surface area contributed by atoms with Crippen LogP contribution in [0.25, 0.3) is 22.0 Å². The minimum atomic E-state index is -0.832. The Bertz CT molecular complexity index is 1170. The van der Waals surface area contributed by atoms with Gasteiger partial charge in [-0.2, -0.15) is 0 Å². The summed E-state index contributed by atoms with van der Waals surface area (Å²) in [6.07, 6.45) is 0. The van der Waals surface area contributed by atoms with Crippen LogP contribution < -0.4 is 5.73 Å². The molecule has 3 aromatic carbocycles. The van der Waals surface area contributed by atoms with Crippen molar-refractivity contribution in [2.45, 2.75) is 5.92 Å². The fourth-order valence-electron chi connectivity index (χ4n) is 3.34. The Morgan fingerprint density at radius 2 is 1.50 bits per heavy atom. The first kappa shape index (κ1) is 18.5. The van der Waals surface area contributed by atoms with Crippen LogP contribution in [0, 0.1) is 0 Å². The lowest BCUT2D eigenvalue weighted by molar-refractivity contribution is -0.118. The first-order valence-corrected chi connectivity index (χ1v) is 9.49. The second-order valence-corrected chi connectivity index (χ2v) is 7.29. The molecule has 4 aromatic rings. The zero-order valence-electron chi connectivity index (χ0n) is 14.8. The summed E-state index contributed by atoms with van der Waals surface area (Å²) in [6, 6.07) is 24.9. The van der Waals surface area contributed by atoms with Crippen LogP contribution in [0.4, 0.5) is 0 Å². The Morgan fingerprint density at radius 3 is 2.21 bits per heavy atom. The molecule has 28 heavy (non-hydrogen) atoms. The van der Waals surface area contributed by atoms with Gasteiger partial charge in [0.2, 0.25) is 5.91 Å². The topological polar surface area (TPSA) is 56.0 Å². The van der Waals surface area contributed by atoms with Crippen molar-refractivity contribution in [1.29, 1.82) is 0 Å². The second-order valence-electron chi connectivity index (χ2n) is 6.48. The van der Waals surface area contributed by atoms with E-state index in [0.29, 0.717) is 21.3 Å². The first-order valence-electron chi connectivity index (χ1n) is 8.74. The van der Waals surface area contributed by atoms with Gasteiger partial charge in [0.15, 0.2) is 0 Å². The smallest absolute Gasteiger partial charge is 0.231 e. The van der Waals surface area contributed by atoms with Crippen molar-refractivity contribution in [2.24, 2.45) is 5.73 Å². The molecule has 1 amide bonds. The molecule has 1 unspecified atom stereocenters. The zero-order valence-corrected chi connectivity index (χ0v) is 16.3. The average molecular weight is 407 g/mol. The molecule has 0 bridgehead atoms. The molecular formula is C23H16Cl2N2O. The summed E-state index contributed by atoms with van der Waals surface area (Å²) in [4.78, 5) is 17.0. The highest BCUT2D eigenvalue weighted by atomic mass is 35.5. The number of halogens is 2. The number of primary amides is 1. The number of carbonyl (C=O) groups is 1. The SMILES string of the molecule is NC(=O)C(c1cccc(-c2ccc3ccccc3c2)n1)c1c(Cl)cccc1Cl. The molecule has 0 aliphatic carbocycles. The van der Waals surface area contributed by atoms with Crippen LogP contribution in [0.5, 0.6) is 0 Å². The van der Waals surface area contributed by atoms with Crippen molar-refractivity contribution in [2.75, 3.05) is 0 Å². The van der Waals surface area contributed by atoms with Crippen molar-refractivity contribution in [1.82, 2.24) is 4.98 Å². The quantitative estimate of drug-likeness (QED) is 0.463. The molecule has 0 spiro atoms. The molecule has 5 heteroatoms. The lowest BCUT2D eigenvalue weighted by Crippen LogP contribution is -2.24. The first-order chi connectivity index (χ1) is 13.5. The number of aromatic nitrogens is 1. The predicted octanol–water partition coefficient (Wildman–Crippen LogP) is 5.83. The van der Waals surface area contributed by atoms with Gasteiger partial charge in [-0.25, -0.2) is 0 Å². The maximum Gasteiger partial charge on any atom is 0.231 e. The number of hydrogen-bond acceptors (Lipinski definition) is 2. The minimum Gasteiger partial charge on any atom is -0.369 e. The van der Waals surface area contributed by atoms with Crippen LogP contribution in [0.1, 0.15) is 17.2 Å². The summed E-state index contributed by atoms with van der Waals surface area (Å²) in [5.41, 5.74) is 8.39. The molecule has 0 saturated heterocycles. The Hall–Kier alpha value is -2.88. The zero-order chi connectivity index (χ0) is 19.7. The van der Waals surface area contributed by atoms with Gasteiger partial charge in [-0.05, 0) is 41.1 Å². The number of hydrogen-bond donors (Lipinski definition) is 1. The number of nitrogens with zero attached hydrogens (tertiary/aromatic N) is 1. The van der Waals surface area contributed by atoms with E-state index in [-0.39, 0.29) is 0 Å². The average Bonchev–Trinajstić information content (AvgIpc) is 2.70. The van der Waals surface area contributed by atoms with E-state index in [1.807, 2.05) is 30.3 Å². The molecule has 3 nitrogen and oxygen atoms in total. The van der Waals surface area contributed by atoms with Gasteiger partial charge in [0.25, 0.3) is 0 Å². The molecular weight excluding hydrogens is 391 g/mol. The second kappa shape index (κ2) is 7.63. The monoisotopic (exact) mass is 406 g/mol. The highest BCUT2D eigenvalue weighted by Crippen LogP contribution is 2.35. The Kier molecular flexibility index (Phi) is 5.03. The van der Waals surface area contributed by atoms with Gasteiger partial charge >= 0.3 is 0 Å². The maximum atomic E-state index is 12.3. The third kappa shape index (κ3) is 3.47. The van der Waals surface area contributed by atoms with Gasteiger partial charge < -0.3 is 5.73 Å². The summed E-state index contributed by atoms with van der Waals surface area (Å²) in [6.45, 7) is 0. The Morgan fingerprint density at radius 1 is 0.821 bits per heavy atom. The van der Waals surface area contributed by atoms with Crippen molar-refractivity contribution in [3.05, 3.63) is 100 Å². The third-order valence-electron chi connectivity index (χ3n) is 4.68. The highest BCUT2D eigenvalue weighted by molar-refractivity contribution is 6.36. The van der Waals surface area contributed by atoms with Gasteiger partial charge in [-0.15, -0.1) is 0 Å². The van der Waals surface area contributed by atoms with Crippen LogP contribution in [0.3, 0.4) is 0 Å². The molecule has 2 N–H and O–H groups in total. The summed E-state index contributed by atoms with van der Waals surface area (Å²) in [5.74, 6) is -1.39.